The number of hydrogen-bond donors (Lipinski definition) is 0. The van der Waals surface area contributed by atoms with Crippen molar-refractivity contribution in [3.63, 3.8) is 0 Å². The fraction of sp³-hybridized carbons (Fsp3) is 0. The van der Waals surface area contributed by atoms with E-state index in [9.17, 15) is 0 Å². The van der Waals surface area contributed by atoms with Gasteiger partial charge in [0, 0.05) is 32.1 Å². The Bertz CT molecular complexity index is 2000. The van der Waals surface area contributed by atoms with Crippen LogP contribution in [0, 0.1) is 11.8 Å². The molecule has 0 aliphatic carbocycles. The van der Waals surface area contributed by atoms with Crippen molar-refractivity contribution in [2.75, 3.05) is 0 Å². The molecule has 0 radical (unpaired) electrons. The van der Waals surface area contributed by atoms with Crippen molar-refractivity contribution >= 4 is 37.7 Å². The number of rotatable bonds is 3. The highest BCUT2D eigenvalue weighted by Crippen LogP contribution is 2.36. The average molecular weight is 575 g/mol. The van der Waals surface area contributed by atoms with E-state index in [1.54, 1.807) is 0 Å². The first-order valence-corrected chi connectivity index (χ1v) is 14.1. The Balaban J connectivity index is 1.44. The van der Waals surface area contributed by atoms with Crippen LogP contribution in [0.1, 0.15) is 11.1 Å². The predicted molar refractivity (Wildman–Crippen MR) is 172 cm³/mol. The van der Waals surface area contributed by atoms with E-state index in [-0.39, 0.29) is 0 Å². The van der Waals surface area contributed by atoms with Crippen molar-refractivity contribution in [2.24, 2.45) is 0 Å². The molecule has 1 nitrogen and oxygen atoms in total. The number of para-hydroxylation sites is 1. The minimum Gasteiger partial charge on any atom is -0.309 e. The maximum Gasteiger partial charge on any atom is 0.0541 e. The number of fused-ring (bicyclic) bond motifs is 3. The second kappa shape index (κ2) is 10.4. The first kappa shape index (κ1) is 24.2. The summed E-state index contributed by atoms with van der Waals surface area (Å²) in [5, 5.41) is 2.41. The van der Waals surface area contributed by atoms with Gasteiger partial charge in [0.25, 0.3) is 0 Å². The SMILES string of the molecule is Brc1cccc(C#Cc2ccc3c(c2)c2ccccc2n3-c2cc(-c3ccccc3)cc(-c3ccccc3)c2)c1. The Hall–Kier alpha value is -4.84. The Morgan fingerprint density at radius 1 is 0.425 bits per heavy atom. The number of aromatic nitrogens is 1. The summed E-state index contributed by atoms with van der Waals surface area (Å²) >= 11 is 3.54. The smallest absolute Gasteiger partial charge is 0.0541 e. The first-order chi connectivity index (χ1) is 19.7. The monoisotopic (exact) mass is 573 g/mol. The maximum absolute atomic E-state index is 3.54. The fourth-order valence-electron chi connectivity index (χ4n) is 5.37. The molecule has 0 fully saturated rings. The number of hydrogen-bond acceptors (Lipinski definition) is 0. The largest absolute Gasteiger partial charge is 0.309 e. The molecule has 6 aromatic carbocycles. The molecular weight excluding hydrogens is 550 g/mol. The summed E-state index contributed by atoms with van der Waals surface area (Å²) in [7, 11) is 0. The van der Waals surface area contributed by atoms with Gasteiger partial charge < -0.3 is 4.57 Å². The molecule has 0 spiro atoms. The molecule has 0 unspecified atom stereocenters. The fourth-order valence-corrected chi connectivity index (χ4v) is 5.77. The maximum atomic E-state index is 3.54. The summed E-state index contributed by atoms with van der Waals surface area (Å²) in [6.07, 6.45) is 0. The van der Waals surface area contributed by atoms with Crippen molar-refractivity contribution in [2.45, 2.75) is 0 Å². The summed E-state index contributed by atoms with van der Waals surface area (Å²) in [6, 6.07) is 51.4. The zero-order chi connectivity index (χ0) is 26.9. The minimum absolute atomic E-state index is 0.989. The quantitative estimate of drug-likeness (QED) is 0.185. The Kier molecular flexibility index (Phi) is 6.28. The molecule has 0 bridgehead atoms. The number of halogens is 1. The highest BCUT2D eigenvalue weighted by Gasteiger charge is 2.14. The average Bonchev–Trinajstić information content (AvgIpc) is 3.34. The molecule has 0 N–H and O–H groups in total. The third kappa shape index (κ3) is 4.62. The van der Waals surface area contributed by atoms with Gasteiger partial charge in [-0.2, -0.15) is 0 Å². The molecule has 0 saturated carbocycles. The van der Waals surface area contributed by atoms with Crippen LogP contribution in [0.3, 0.4) is 0 Å². The van der Waals surface area contributed by atoms with Crippen LogP contribution >= 0.6 is 15.9 Å². The summed E-state index contributed by atoms with van der Waals surface area (Å²) in [5.74, 6) is 6.69. The minimum atomic E-state index is 0.989. The van der Waals surface area contributed by atoms with Gasteiger partial charge in [0.2, 0.25) is 0 Å². The normalized spacial score (nSPS) is 10.9. The lowest BCUT2D eigenvalue weighted by atomic mass is 9.98. The van der Waals surface area contributed by atoms with Crippen LogP contribution in [-0.4, -0.2) is 4.57 Å². The molecule has 0 aliphatic rings. The topological polar surface area (TPSA) is 4.93 Å². The first-order valence-electron chi connectivity index (χ1n) is 13.3. The molecule has 7 aromatic rings. The van der Waals surface area contributed by atoms with E-state index in [1.807, 2.05) is 24.3 Å². The highest BCUT2D eigenvalue weighted by atomic mass is 79.9. The molecule has 188 valence electrons. The summed E-state index contributed by atoms with van der Waals surface area (Å²) < 4.78 is 3.42. The standard InChI is InChI=1S/C38H24BrN/c39-33-15-9-10-27(22-33)18-19-28-20-21-38-36(23-28)35-16-7-8-17-37(35)40(38)34-25-31(29-11-3-1-4-12-29)24-32(26-34)30-13-5-2-6-14-30/h1-17,20-26H. The number of benzene rings is 6. The van der Waals surface area contributed by atoms with Gasteiger partial charge in [0.05, 0.1) is 11.0 Å². The summed E-state index contributed by atoms with van der Waals surface area (Å²) in [4.78, 5) is 0. The Labute approximate surface area is 242 Å². The van der Waals surface area contributed by atoms with E-state index in [1.165, 1.54) is 44.1 Å². The van der Waals surface area contributed by atoms with Crippen LogP contribution in [0.15, 0.2) is 150 Å². The van der Waals surface area contributed by atoms with E-state index < -0.39 is 0 Å². The molecule has 0 saturated heterocycles. The lowest BCUT2D eigenvalue weighted by molar-refractivity contribution is 1.18. The van der Waals surface area contributed by atoms with Gasteiger partial charge in [-0.3, -0.25) is 0 Å². The van der Waals surface area contributed by atoms with Crippen LogP contribution in [-0.2, 0) is 0 Å². The summed E-state index contributed by atoms with van der Waals surface area (Å²) in [5.41, 5.74) is 10.3. The molecule has 2 heteroatoms. The van der Waals surface area contributed by atoms with Gasteiger partial charge in [0.1, 0.15) is 0 Å². The van der Waals surface area contributed by atoms with Gasteiger partial charge in [-0.25, -0.2) is 0 Å². The molecule has 0 amide bonds. The molecule has 40 heavy (non-hydrogen) atoms. The van der Waals surface area contributed by atoms with Gasteiger partial charge >= 0.3 is 0 Å². The second-order valence-corrected chi connectivity index (χ2v) is 10.8. The van der Waals surface area contributed by atoms with E-state index in [2.05, 4.69) is 154 Å². The van der Waals surface area contributed by atoms with Crippen molar-refractivity contribution < 1.29 is 0 Å². The van der Waals surface area contributed by atoms with E-state index >= 15 is 0 Å². The highest BCUT2D eigenvalue weighted by molar-refractivity contribution is 9.10. The lowest BCUT2D eigenvalue weighted by Gasteiger charge is -2.14. The molecule has 7 rings (SSSR count). The van der Waals surface area contributed by atoms with Crippen LogP contribution in [0.4, 0.5) is 0 Å². The predicted octanol–water partition coefficient (Wildman–Crippen LogP) is 10.3. The lowest BCUT2D eigenvalue weighted by Crippen LogP contribution is -1.96. The summed E-state index contributed by atoms with van der Waals surface area (Å²) in [6.45, 7) is 0. The van der Waals surface area contributed by atoms with E-state index in [0.717, 1.165) is 21.3 Å². The van der Waals surface area contributed by atoms with Gasteiger partial charge in [0.15, 0.2) is 0 Å². The molecule has 1 aromatic heterocycles. The second-order valence-electron chi connectivity index (χ2n) is 9.85. The molecule has 1 heterocycles. The zero-order valence-corrected chi connectivity index (χ0v) is 23.3. The molecule has 0 atom stereocenters. The van der Waals surface area contributed by atoms with Crippen molar-refractivity contribution in [1.29, 1.82) is 0 Å². The third-order valence-electron chi connectivity index (χ3n) is 7.24. The van der Waals surface area contributed by atoms with Crippen molar-refractivity contribution in [3.05, 3.63) is 161 Å². The van der Waals surface area contributed by atoms with Crippen LogP contribution in [0.2, 0.25) is 0 Å². The van der Waals surface area contributed by atoms with Gasteiger partial charge in [-0.05, 0) is 82.9 Å². The van der Waals surface area contributed by atoms with Crippen LogP contribution in [0.25, 0.3) is 49.7 Å². The van der Waals surface area contributed by atoms with Crippen molar-refractivity contribution in [1.82, 2.24) is 4.57 Å². The molecule has 0 aliphatic heterocycles. The van der Waals surface area contributed by atoms with E-state index in [4.69, 9.17) is 0 Å². The third-order valence-corrected chi connectivity index (χ3v) is 7.73. The zero-order valence-electron chi connectivity index (χ0n) is 21.7. The van der Waals surface area contributed by atoms with Crippen molar-refractivity contribution in [3.8, 4) is 39.8 Å². The Morgan fingerprint density at radius 2 is 1.02 bits per heavy atom. The molecular formula is C38H24BrN. The van der Waals surface area contributed by atoms with E-state index in [0.29, 0.717) is 0 Å². The van der Waals surface area contributed by atoms with Gasteiger partial charge in [-0.15, -0.1) is 0 Å². The van der Waals surface area contributed by atoms with Crippen LogP contribution < -0.4 is 0 Å². The Morgan fingerprint density at radius 3 is 1.70 bits per heavy atom. The number of nitrogens with zero attached hydrogens (tertiary/aromatic N) is 1. The van der Waals surface area contributed by atoms with Gasteiger partial charge in [-0.1, -0.05) is 113 Å². The van der Waals surface area contributed by atoms with Crippen LogP contribution in [0.5, 0.6) is 0 Å².